The summed E-state index contributed by atoms with van der Waals surface area (Å²) in [7, 11) is 3.58. The molecule has 6 heteroatoms. The highest BCUT2D eigenvalue weighted by Gasteiger charge is 2.21. The lowest BCUT2D eigenvalue weighted by Gasteiger charge is -2.07. The predicted molar refractivity (Wildman–Crippen MR) is 67.5 cm³/mol. The maximum atomic E-state index is 11.0. The van der Waals surface area contributed by atoms with Crippen molar-refractivity contribution >= 4 is 17.7 Å². The van der Waals surface area contributed by atoms with Gasteiger partial charge in [0.05, 0.1) is 16.1 Å². The topological polar surface area (TPSA) is 83.7 Å². The van der Waals surface area contributed by atoms with Crippen molar-refractivity contribution in [2.24, 2.45) is 0 Å². The molecule has 1 aromatic rings. The van der Waals surface area contributed by atoms with E-state index in [1.165, 1.54) is 19.1 Å². The molecule has 96 valence electrons. The third-order valence-electron chi connectivity index (χ3n) is 2.43. The Bertz CT molecular complexity index is 521. The molecule has 0 bridgehead atoms. The second-order valence-corrected chi connectivity index (χ2v) is 4.02. The summed E-state index contributed by atoms with van der Waals surface area (Å²) in [5.41, 5.74) is 0.321. The number of nitro benzene ring substituents is 1. The summed E-state index contributed by atoms with van der Waals surface area (Å²) in [4.78, 5) is 23.1. The molecule has 0 aliphatic carbocycles. The Balaban J connectivity index is 3.41. The maximum Gasteiger partial charge on any atom is 0.336 e. The molecule has 0 spiro atoms. The Morgan fingerprint density at radius 1 is 1.44 bits per heavy atom. The first-order chi connectivity index (χ1) is 8.34. The average Bonchev–Trinajstić information content (AvgIpc) is 2.24. The van der Waals surface area contributed by atoms with Crippen molar-refractivity contribution in [1.29, 1.82) is 0 Å². The Kier molecular flexibility index (Phi) is 4.04. The number of carboxylic acid groups (broad SMARTS) is 1. The molecule has 0 saturated carbocycles. The molecule has 0 saturated heterocycles. The summed E-state index contributed by atoms with van der Waals surface area (Å²) >= 11 is 0. The second kappa shape index (κ2) is 5.31. The van der Waals surface area contributed by atoms with E-state index in [-0.39, 0.29) is 16.8 Å². The van der Waals surface area contributed by atoms with Crippen molar-refractivity contribution in [3.63, 3.8) is 0 Å². The Labute approximate surface area is 104 Å². The van der Waals surface area contributed by atoms with Gasteiger partial charge in [-0.05, 0) is 31.3 Å². The van der Waals surface area contributed by atoms with Crippen LogP contribution in [0.4, 0.5) is 5.69 Å². The summed E-state index contributed by atoms with van der Waals surface area (Å²) in [5.74, 6) is -1.17. The molecule has 0 radical (unpaired) electrons. The predicted octanol–water partition coefficient (Wildman–Crippen LogP) is 2.13. The van der Waals surface area contributed by atoms with Crippen molar-refractivity contribution < 1.29 is 14.8 Å². The number of benzene rings is 1. The molecule has 0 unspecified atom stereocenters. The lowest BCUT2D eigenvalue weighted by molar-refractivity contribution is -0.385. The van der Waals surface area contributed by atoms with E-state index in [4.69, 9.17) is 5.11 Å². The third-order valence-corrected chi connectivity index (χ3v) is 2.43. The van der Waals surface area contributed by atoms with Crippen molar-refractivity contribution in [2.75, 3.05) is 14.1 Å². The van der Waals surface area contributed by atoms with Crippen LogP contribution < -0.4 is 0 Å². The molecule has 0 aromatic heterocycles. The van der Waals surface area contributed by atoms with Crippen molar-refractivity contribution in [1.82, 2.24) is 4.90 Å². The van der Waals surface area contributed by atoms with Gasteiger partial charge in [-0.1, -0.05) is 0 Å². The van der Waals surface area contributed by atoms with Gasteiger partial charge in [0, 0.05) is 19.7 Å². The second-order valence-electron chi connectivity index (χ2n) is 4.02. The molecule has 0 aliphatic rings. The van der Waals surface area contributed by atoms with Crippen LogP contribution >= 0.6 is 0 Å². The van der Waals surface area contributed by atoms with Crippen LogP contribution in [0.15, 0.2) is 18.3 Å². The van der Waals surface area contributed by atoms with Crippen LogP contribution in [0.5, 0.6) is 0 Å². The van der Waals surface area contributed by atoms with E-state index in [0.29, 0.717) is 5.56 Å². The van der Waals surface area contributed by atoms with Crippen LogP contribution in [0.2, 0.25) is 0 Å². The van der Waals surface area contributed by atoms with Crippen LogP contribution in [-0.4, -0.2) is 35.0 Å². The van der Waals surface area contributed by atoms with Crippen molar-refractivity contribution in [2.45, 2.75) is 6.92 Å². The highest BCUT2D eigenvalue weighted by molar-refractivity contribution is 5.91. The summed E-state index contributed by atoms with van der Waals surface area (Å²) in [6.07, 6.45) is 3.25. The molecule has 0 heterocycles. The number of aromatic carboxylic acids is 1. The van der Waals surface area contributed by atoms with Gasteiger partial charge in [-0.15, -0.1) is 0 Å². The summed E-state index contributed by atoms with van der Waals surface area (Å²) < 4.78 is 0. The van der Waals surface area contributed by atoms with Crippen LogP contribution in [0.25, 0.3) is 6.08 Å². The summed E-state index contributed by atoms with van der Waals surface area (Å²) in [6, 6.07) is 2.81. The molecule has 1 N–H and O–H groups in total. The lowest BCUT2D eigenvalue weighted by atomic mass is 10.0. The number of hydrogen-bond donors (Lipinski definition) is 1. The normalized spacial score (nSPS) is 10.6. The minimum Gasteiger partial charge on any atom is -0.478 e. The lowest BCUT2D eigenvalue weighted by Crippen LogP contribution is -2.05. The first kappa shape index (κ1) is 13.7. The van der Waals surface area contributed by atoms with Gasteiger partial charge in [-0.25, -0.2) is 4.79 Å². The average molecular weight is 250 g/mol. The first-order valence-corrected chi connectivity index (χ1v) is 5.20. The van der Waals surface area contributed by atoms with Crippen molar-refractivity contribution in [3.05, 3.63) is 45.1 Å². The monoisotopic (exact) mass is 250 g/mol. The molecule has 0 atom stereocenters. The van der Waals surface area contributed by atoms with Crippen LogP contribution in [0.3, 0.4) is 0 Å². The molecule has 18 heavy (non-hydrogen) atoms. The van der Waals surface area contributed by atoms with Crippen LogP contribution in [0, 0.1) is 17.0 Å². The molecule has 0 fully saturated rings. The van der Waals surface area contributed by atoms with Crippen LogP contribution in [-0.2, 0) is 0 Å². The highest BCUT2D eigenvalue weighted by Crippen LogP contribution is 2.27. The van der Waals surface area contributed by atoms with Crippen molar-refractivity contribution in [3.8, 4) is 0 Å². The molecule has 0 amide bonds. The van der Waals surface area contributed by atoms with Gasteiger partial charge < -0.3 is 10.0 Å². The van der Waals surface area contributed by atoms with E-state index in [0.717, 1.165) is 0 Å². The number of nitro groups is 1. The Hall–Kier alpha value is -2.37. The Morgan fingerprint density at radius 3 is 2.50 bits per heavy atom. The zero-order valence-electron chi connectivity index (χ0n) is 10.4. The number of nitrogens with zero attached hydrogens (tertiary/aromatic N) is 2. The zero-order chi connectivity index (χ0) is 13.9. The minimum absolute atomic E-state index is 0.0521. The van der Waals surface area contributed by atoms with Gasteiger partial charge in [0.25, 0.3) is 5.69 Å². The SMILES string of the molecule is Cc1c(C(=O)O)ccc(C=CN(C)C)c1[N+](=O)[O-]. The van der Waals surface area contributed by atoms with E-state index in [1.807, 2.05) is 0 Å². The molecule has 0 aliphatic heterocycles. The van der Waals surface area contributed by atoms with Gasteiger partial charge in [0.2, 0.25) is 0 Å². The molecular weight excluding hydrogens is 236 g/mol. The van der Waals surface area contributed by atoms with Gasteiger partial charge >= 0.3 is 5.97 Å². The standard InChI is InChI=1S/C12H14N2O4/c1-8-10(12(15)16)5-4-9(6-7-13(2)3)11(8)14(17)18/h4-7H,1-3H3,(H,15,16). The van der Waals surface area contributed by atoms with Crippen LogP contribution in [0.1, 0.15) is 21.5 Å². The maximum absolute atomic E-state index is 11.0. The van der Waals surface area contributed by atoms with E-state index in [1.54, 1.807) is 31.3 Å². The zero-order valence-corrected chi connectivity index (χ0v) is 10.4. The quantitative estimate of drug-likeness (QED) is 0.653. The molecule has 1 rings (SSSR count). The smallest absolute Gasteiger partial charge is 0.336 e. The van der Waals surface area contributed by atoms with Gasteiger partial charge in [0.15, 0.2) is 0 Å². The third kappa shape index (κ3) is 2.85. The molecular formula is C12H14N2O4. The van der Waals surface area contributed by atoms with Gasteiger partial charge in [-0.3, -0.25) is 10.1 Å². The summed E-state index contributed by atoms with van der Waals surface area (Å²) in [6.45, 7) is 1.44. The fourth-order valence-electron chi connectivity index (χ4n) is 1.56. The number of carboxylic acids is 1. The first-order valence-electron chi connectivity index (χ1n) is 5.20. The van der Waals surface area contributed by atoms with Gasteiger partial charge in [-0.2, -0.15) is 0 Å². The Morgan fingerprint density at radius 2 is 2.06 bits per heavy atom. The minimum atomic E-state index is -1.17. The fraction of sp³-hybridized carbons (Fsp3) is 0.250. The number of hydrogen-bond acceptors (Lipinski definition) is 4. The van der Waals surface area contributed by atoms with Gasteiger partial charge in [0.1, 0.15) is 0 Å². The van der Waals surface area contributed by atoms with E-state index >= 15 is 0 Å². The van der Waals surface area contributed by atoms with E-state index in [9.17, 15) is 14.9 Å². The fourth-order valence-corrected chi connectivity index (χ4v) is 1.56. The number of rotatable bonds is 4. The van der Waals surface area contributed by atoms with E-state index in [2.05, 4.69) is 0 Å². The summed E-state index contributed by atoms with van der Waals surface area (Å²) in [5, 5.41) is 20.0. The molecule has 6 nitrogen and oxygen atoms in total. The molecule has 1 aromatic carbocycles. The highest BCUT2D eigenvalue weighted by atomic mass is 16.6. The van der Waals surface area contributed by atoms with E-state index < -0.39 is 10.9 Å². The largest absolute Gasteiger partial charge is 0.478 e. The number of carbonyl (C=O) groups is 1.